The number of aromatic nitrogens is 2. The maximum absolute atomic E-state index is 13.8. The number of hydrogen-bond acceptors (Lipinski definition) is 1. The van der Waals surface area contributed by atoms with E-state index in [1.54, 1.807) is 18.2 Å². The highest BCUT2D eigenvalue weighted by atomic mass is 19.1. The molecule has 0 aliphatic heterocycles. The first kappa shape index (κ1) is 20.0. The lowest BCUT2D eigenvalue weighted by Gasteiger charge is -2.12. The molecule has 1 aromatic heterocycles. The molecule has 0 bridgehead atoms. The Hall–Kier alpha value is -3.92. The minimum absolute atomic E-state index is 0.267. The van der Waals surface area contributed by atoms with Crippen molar-refractivity contribution in [3.63, 3.8) is 0 Å². The average Bonchev–Trinajstić information content (AvgIpc) is 2.79. The molecule has 5 rings (SSSR count). The third-order valence-electron chi connectivity index (χ3n) is 5.73. The van der Waals surface area contributed by atoms with E-state index in [-0.39, 0.29) is 11.6 Å². The Balaban J connectivity index is 1.79. The summed E-state index contributed by atoms with van der Waals surface area (Å²) in [4.78, 5) is 5.01. The predicted molar refractivity (Wildman–Crippen MR) is 124 cm³/mol. The van der Waals surface area contributed by atoms with Crippen molar-refractivity contribution < 1.29 is 13.3 Å². The summed E-state index contributed by atoms with van der Waals surface area (Å²) >= 11 is 0. The van der Waals surface area contributed by atoms with Gasteiger partial charge in [-0.2, -0.15) is 4.57 Å². The fraction of sp³-hybridized carbons (Fsp3) is 0.0714. The van der Waals surface area contributed by atoms with Crippen LogP contribution in [-0.4, -0.2) is 4.98 Å². The van der Waals surface area contributed by atoms with Crippen molar-refractivity contribution in [3.05, 3.63) is 108 Å². The van der Waals surface area contributed by atoms with Crippen LogP contribution in [0.2, 0.25) is 0 Å². The summed E-state index contributed by atoms with van der Waals surface area (Å²) in [6, 6.07) is 25.6. The van der Waals surface area contributed by atoms with Crippen LogP contribution in [0.4, 0.5) is 8.78 Å². The number of benzene rings is 4. The van der Waals surface area contributed by atoms with Crippen LogP contribution in [0.25, 0.3) is 44.5 Å². The molecule has 0 aliphatic carbocycles. The Morgan fingerprint density at radius 3 is 2.16 bits per heavy atom. The smallest absolute Gasteiger partial charge is 0.234 e. The highest BCUT2D eigenvalue weighted by molar-refractivity contribution is 5.89. The highest BCUT2D eigenvalue weighted by Gasteiger charge is 2.23. The van der Waals surface area contributed by atoms with Gasteiger partial charge < -0.3 is 0 Å². The highest BCUT2D eigenvalue weighted by Crippen LogP contribution is 2.33. The number of aryl methyl sites for hydroxylation is 2. The molecule has 156 valence electrons. The van der Waals surface area contributed by atoms with Crippen molar-refractivity contribution in [2.45, 2.75) is 6.92 Å². The van der Waals surface area contributed by atoms with Crippen LogP contribution in [0, 0.1) is 18.6 Å². The molecule has 2 nitrogen and oxygen atoms in total. The van der Waals surface area contributed by atoms with Crippen molar-refractivity contribution in [1.29, 1.82) is 0 Å². The minimum Gasteiger partial charge on any atom is -0.234 e. The van der Waals surface area contributed by atoms with Gasteiger partial charge in [0.25, 0.3) is 0 Å². The van der Waals surface area contributed by atoms with Crippen LogP contribution in [0.15, 0.2) is 91.1 Å². The standard InChI is InChI=1S/C28H21F2N2/c1-18-15-24(30)13-14-25(18)28-27(22-8-7-19-5-3-4-6-21(19)16-22)31-26(17-32(28)2)20-9-11-23(29)12-10-20/h3-17H,1-2H3/q+1. The van der Waals surface area contributed by atoms with E-state index in [0.717, 1.165) is 50.1 Å². The summed E-state index contributed by atoms with van der Waals surface area (Å²) in [5.41, 5.74) is 5.94. The van der Waals surface area contributed by atoms with Crippen molar-refractivity contribution in [2.24, 2.45) is 7.05 Å². The molecule has 1 heterocycles. The largest absolute Gasteiger partial charge is 0.239 e. The van der Waals surface area contributed by atoms with Crippen molar-refractivity contribution in [3.8, 4) is 33.8 Å². The molecule has 0 aliphatic rings. The quantitative estimate of drug-likeness (QED) is 0.297. The van der Waals surface area contributed by atoms with Crippen LogP contribution in [0.1, 0.15) is 5.56 Å². The summed E-state index contributed by atoms with van der Waals surface area (Å²) in [6.07, 6.45) is 1.93. The van der Waals surface area contributed by atoms with Gasteiger partial charge in [-0.05, 0) is 71.8 Å². The Bertz CT molecular complexity index is 1460. The van der Waals surface area contributed by atoms with Gasteiger partial charge in [-0.3, -0.25) is 0 Å². The van der Waals surface area contributed by atoms with Crippen molar-refractivity contribution >= 4 is 10.8 Å². The lowest BCUT2D eigenvalue weighted by molar-refractivity contribution is -0.659. The van der Waals surface area contributed by atoms with Gasteiger partial charge in [-0.1, -0.05) is 36.4 Å². The van der Waals surface area contributed by atoms with Gasteiger partial charge in [0.1, 0.15) is 30.1 Å². The van der Waals surface area contributed by atoms with E-state index in [0.29, 0.717) is 0 Å². The van der Waals surface area contributed by atoms with Crippen LogP contribution < -0.4 is 4.57 Å². The first-order valence-electron chi connectivity index (χ1n) is 10.4. The van der Waals surface area contributed by atoms with Crippen LogP contribution >= 0.6 is 0 Å². The minimum atomic E-state index is -0.286. The monoisotopic (exact) mass is 423 g/mol. The fourth-order valence-electron chi connectivity index (χ4n) is 4.13. The van der Waals surface area contributed by atoms with E-state index in [4.69, 9.17) is 4.98 Å². The van der Waals surface area contributed by atoms with E-state index in [2.05, 4.69) is 30.3 Å². The van der Waals surface area contributed by atoms with E-state index in [9.17, 15) is 8.78 Å². The first-order valence-corrected chi connectivity index (χ1v) is 10.4. The van der Waals surface area contributed by atoms with Gasteiger partial charge in [-0.15, -0.1) is 0 Å². The van der Waals surface area contributed by atoms with Gasteiger partial charge in [0.15, 0.2) is 6.20 Å². The topological polar surface area (TPSA) is 16.8 Å². The van der Waals surface area contributed by atoms with Crippen LogP contribution in [-0.2, 0) is 7.05 Å². The Kier molecular flexibility index (Phi) is 4.98. The molecular weight excluding hydrogens is 402 g/mol. The molecule has 4 aromatic carbocycles. The molecule has 4 heteroatoms. The van der Waals surface area contributed by atoms with Gasteiger partial charge in [-0.25, -0.2) is 13.8 Å². The molecule has 0 fully saturated rings. The molecule has 0 unspecified atom stereocenters. The molecule has 0 saturated carbocycles. The molecule has 0 amide bonds. The first-order chi connectivity index (χ1) is 15.5. The third kappa shape index (κ3) is 3.65. The lowest BCUT2D eigenvalue weighted by Crippen LogP contribution is -2.32. The predicted octanol–water partition coefficient (Wildman–Crippen LogP) is 6.65. The zero-order valence-electron chi connectivity index (χ0n) is 17.8. The maximum atomic E-state index is 13.8. The fourth-order valence-corrected chi connectivity index (χ4v) is 4.13. The van der Waals surface area contributed by atoms with E-state index >= 15 is 0 Å². The number of halogens is 2. The second-order valence-corrected chi connectivity index (χ2v) is 7.96. The van der Waals surface area contributed by atoms with Crippen LogP contribution in [0.3, 0.4) is 0 Å². The summed E-state index contributed by atoms with van der Waals surface area (Å²) in [6.45, 7) is 1.90. The summed E-state index contributed by atoms with van der Waals surface area (Å²) in [5.74, 6) is -0.552. The van der Waals surface area contributed by atoms with Gasteiger partial charge in [0.05, 0.1) is 5.56 Å². The molecule has 5 aromatic rings. The van der Waals surface area contributed by atoms with E-state index < -0.39 is 0 Å². The van der Waals surface area contributed by atoms with Crippen molar-refractivity contribution in [1.82, 2.24) is 4.98 Å². The van der Waals surface area contributed by atoms with E-state index in [1.807, 2.05) is 36.9 Å². The van der Waals surface area contributed by atoms with Crippen LogP contribution in [0.5, 0.6) is 0 Å². The number of rotatable bonds is 3. The Morgan fingerprint density at radius 2 is 1.41 bits per heavy atom. The molecule has 0 N–H and O–H groups in total. The molecule has 0 saturated heterocycles. The van der Waals surface area contributed by atoms with Gasteiger partial charge >= 0.3 is 0 Å². The number of fused-ring (bicyclic) bond motifs is 1. The third-order valence-corrected chi connectivity index (χ3v) is 5.73. The summed E-state index contributed by atoms with van der Waals surface area (Å²) < 4.78 is 29.3. The summed E-state index contributed by atoms with van der Waals surface area (Å²) in [7, 11) is 1.96. The van der Waals surface area contributed by atoms with Gasteiger partial charge in [0.2, 0.25) is 5.69 Å². The zero-order valence-corrected chi connectivity index (χ0v) is 17.8. The van der Waals surface area contributed by atoms with Crippen molar-refractivity contribution in [2.75, 3.05) is 0 Å². The molecule has 0 spiro atoms. The van der Waals surface area contributed by atoms with E-state index in [1.165, 1.54) is 24.3 Å². The summed E-state index contributed by atoms with van der Waals surface area (Å²) in [5, 5.41) is 2.26. The van der Waals surface area contributed by atoms with Gasteiger partial charge in [0, 0.05) is 11.1 Å². The molecule has 32 heavy (non-hydrogen) atoms. The molecular formula is C28H21F2N2+. The Morgan fingerprint density at radius 1 is 0.719 bits per heavy atom. The second-order valence-electron chi connectivity index (χ2n) is 7.96. The number of hydrogen-bond donors (Lipinski definition) is 0. The Labute approximate surface area is 185 Å². The lowest BCUT2D eigenvalue weighted by atomic mass is 9.97. The SMILES string of the molecule is Cc1cc(F)ccc1-c1c(-c2ccc3ccccc3c2)nc(-c2ccc(F)cc2)c[n+]1C. The maximum Gasteiger partial charge on any atom is 0.239 e. The second kappa shape index (κ2) is 7.97. The zero-order chi connectivity index (χ0) is 22.2. The normalized spacial score (nSPS) is 11.1. The molecule has 0 atom stereocenters. The number of nitrogens with zero attached hydrogens (tertiary/aromatic N) is 2. The molecule has 0 radical (unpaired) electrons. The average molecular weight is 423 g/mol.